The van der Waals surface area contributed by atoms with Gasteiger partial charge in [-0.05, 0) is 61.0 Å². The summed E-state index contributed by atoms with van der Waals surface area (Å²) in [5.41, 5.74) is 0.850. The standard InChI is InChI=1S/C22H23NO4S/c1-3-16(2)27-19-11-9-17(10-12-19)15-20-21(24)23(22(25)28-20)13-14-26-18-7-5-4-6-8-18/h4-12,15-16H,3,13-14H2,1-2H3/b20-15-. The molecule has 2 aromatic rings. The Hall–Kier alpha value is -2.73. The smallest absolute Gasteiger partial charge is 0.293 e. The highest BCUT2D eigenvalue weighted by Gasteiger charge is 2.34. The molecule has 0 bridgehead atoms. The molecule has 0 N–H and O–H groups in total. The second-order valence-corrected chi connectivity index (χ2v) is 7.39. The minimum Gasteiger partial charge on any atom is -0.492 e. The van der Waals surface area contributed by atoms with E-state index in [1.165, 1.54) is 4.90 Å². The lowest BCUT2D eigenvalue weighted by Crippen LogP contribution is -2.32. The largest absolute Gasteiger partial charge is 0.492 e. The van der Waals surface area contributed by atoms with E-state index in [1.54, 1.807) is 6.08 Å². The minimum absolute atomic E-state index is 0.153. The van der Waals surface area contributed by atoms with Gasteiger partial charge in [-0.15, -0.1) is 0 Å². The molecule has 1 fully saturated rings. The molecule has 1 unspecified atom stereocenters. The van der Waals surface area contributed by atoms with Gasteiger partial charge in [0.1, 0.15) is 18.1 Å². The van der Waals surface area contributed by atoms with Gasteiger partial charge < -0.3 is 9.47 Å². The summed E-state index contributed by atoms with van der Waals surface area (Å²) in [6.45, 7) is 4.57. The van der Waals surface area contributed by atoms with E-state index in [0.29, 0.717) is 10.7 Å². The molecule has 2 aromatic carbocycles. The molecule has 6 heteroatoms. The van der Waals surface area contributed by atoms with Gasteiger partial charge in [0.2, 0.25) is 0 Å². The normalized spacial score (nSPS) is 16.5. The van der Waals surface area contributed by atoms with Crippen molar-refractivity contribution in [2.45, 2.75) is 26.4 Å². The molecule has 0 aromatic heterocycles. The lowest BCUT2D eigenvalue weighted by atomic mass is 10.2. The quantitative estimate of drug-likeness (QED) is 0.588. The van der Waals surface area contributed by atoms with E-state index < -0.39 is 0 Å². The molecule has 1 saturated heterocycles. The SMILES string of the molecule is CCC(C)Oc1ccc(/C=C2\SC(=O)N(CCOc3ccccc3)C2=O)cc1. The summed E-state index contributed by atoms with van der Waals surface area (Å²) < 4.78 is 11.3. The first-order valence-electron chi connectivity index (χ1n) is 9.26. The number of benzene rings is 2. The Kier molecular flexibility index (Phi) is 6.76. The second kappa shape index (κ2) is 9.46. The van der Waals surface area contributed by atoms with Crippen LogP contribution in [0, 0.1) is 0 Å². The van der Waals surface area contributed by atoms with Crippen molar-refractivity contribution in [1.82, 2.24) is 4.90 Å². The van der Waals surface area contributed by atoms with Crippen LogP contribution >= 0.6 is 11.8 Å². The third kappa shape index (κ3) is 5.16. The van der Waals surface area contributed by atoms with Crippen LogP contribution in [-0.4, -0.2) is 35.3 Å². The van der Waals surface area contributed by atoms with Crippen LogP contribution in [0.25, 0.3) is 6.08 Å². The first-order chi connectivity index (χ1) is 13.6. The van der Waals surface area contributed by atoms with Crippen molar-refractivity contribution < 1.29 is 19.1 Å². The lowest BCUT2D eigenvalue weighted by Gasteiger charge is -2.13. The summed E-state index contributed by atoms with van der Waals surface area (Å²) in [4.78, 5) is 26.4. The van der Waals surface area contributed by atoms with Crippen LogP contribution in [0.15, 0.2) is 59.5 Å². The van der Waals surface area contributed by atoms with E-state index in [1.807, 2.05) is 61.5 Å². The van der Waals surface area contributed by atoms with Crippen molar-refractivity contribution in [2.24, 2.45) is 0 Å². The van der Waals surface area contributed by atoms with Gasteiger partial charge >= 0.3 is 0 Å². The molecule has 0 saturated carbocycles. The molecule has 2 amide bonds. The fraction of sp³-hybridized carbons (Fsp3) is 0.273. The van der Waals surface area contributed by atoms with Crippen LogP contribution in [-0.2, 0) is 4.79 Å². The van der Waals surface area contributed by atoms with Gasteiger partial charge in [-0.3, -0.25) is 14.5 Å². The second-order valence-electron chi connectivity index (χ2n) is 6.40. The third-order valence-electron chi connectivity index (χ3n) is 4.29. The summed E-state index contributed by atoms with van der Waals surface area (Å²) in [5.74, 6) is 1.22. The zero-order chi connectivity index (χ0) is 19.9. The highest BCUT2D eigenvalue weighted by Crippen LogP contribution is 2.32. The zero-order valence-corrected chi connectivity index (χ0v) is 16.8. The van der Waals surface area contributed by atoms with Crippen LogP contribution in [0.3, 0.4) is 0 Å². The first kappa shape index (κ1) is 20.0. The molecule has 1 aliphatic heterocycles. The first-order valence-corrected chi connectivity index (χ1v) is 10.1. The van der Waals surface area contributed by atoms with E-state index in [2.05, 4.69) is 6.92 Å². The predicted molar refractivity (Wildman–Crippen MR) is 111 cm³/mol. The number of thioether (sulfide) groups is 1. The van der Waals surface area contributed by atoms with Gasteiger partial charge in [-0.2, -0.15) is 0 Å². The molecular formula is C22H23NO4S. The van der Waals surface area contributed by atoms with Crippen LogP contribution in [0.4, 0.5) is 4.79 Å². The van der Waals surface area contributed by atoms with E-state index in [9.17, 15) is 9.59 Å². The predicted octanol–water partition coefficient (Wildman–Crippen LogP) is 4.98. The fourth-order valence-electron chi connectivity index (χ4n) is 2.57. The monoisotopic (exact) mass is 397 g/mol. The Morgan fingerprint density at radius 3 is 2.43 bits per heavy atom. The molecule has 1 heterocycles. The van der Waals surface area contributed by atoms with Crippen LogP contribution in [0.1, 0.15) is 25.8 Å². The van der Waals surface area contributed by atoms with Gasteiger partial charge in [-0.1, -0.05) is 37.3 Å². The average Bonchev–Trinajstić information content (AvgIpc) is 2.97. The molecule has 1 atom stereocenters. The van der Waals surface area contributed by atoms with E-state index in [-0.39, 0.29) is 30.4 Å². The van der Waals surface area contributed by atoms with Crippen LogP contribution in [0.2, 0.25) is 0 Å². The van der Waals surface area contributed by atoms with E-state index in [4.69, 9.17) is 9.47 Å². The van der Waals surface area contributed by atoms with Gasteiger partial charge in [0, 0.05) is 0 Å². The Morgan fingerprint density at radius 1 is 1.04 bits per heavy atom. The van der Waals surface area contributed by atoms with Gasteiger partial charge in [-0.25, -0.2) is 0 Å². The maximum absolute atomic E-state index is 12.5. The number of ether oxygens (including phenoxy) is 2. The van der Waals surface area contributed by atoms with Crippen LogP contribution in [0.5, 0.6) is 11.5 Å². The van der Waals surface area contributed by atoms with Crippen LogP contribution < -0.4 is 9.47 Å². The number of imide groups is 1. The van der Waals surface area contributed by atoms with Gasteiger partial charge in [0.05, 0.1) is 17.6 Å². The summed E-state index contributed by atoms with van der Waals surface area (Å²) in [5, 5.41) is -0.273. The van der Waals surface area contributed by atoms with Gasteiger partial charge in [0.25, 0.3) is 11.1 Å². The molecular weight excluding hydrogens is 374 g/mol. The molecule has 146 valence electrons. The molecule has 0 radical (unpaired) electrons. The molecule has 0 aliphatic carbocycles. The van der Waals surface area contributed by atoms with Crippen molar-refractivity contribution in [2.75, 3.05) is 13.2 Å². The van der Waals surface area contributed by atoms with Crippen molar-refractivity contribution in [3.05, 3.63) is 65.1 Å². The van der Waals surface area contributed by atoms with Gasteiger partial charge in [0.15, 0.2) is 0 Å². The number of hydrogen-bond donors (Lipinski definition) is 0. The number of rotatable bonds is 8. The number of hydrogen-bond acceptors (Lipinski definition) is 5. The Morgan fingerprint density at radius 2 is 1.75 bits per heavy atom. The van der Waals surface area contributed by atoms with Crippen molar-refractivity contribution in [3.8, 4) is 11.5 Å². The summed E-state index contributed by atoms with van der Waals surface area (Å²) in [7, 11) is 0. The number of carbonyl (C=O) groups is 2. The molecule has 3 rings (SSSR count). The molecule has 0 spiro atoms. The zero-order valence-electron chi connectivity index (χ0n) is 16.0. The Labute approximate surface area is 169 Å². The fourth-order valence-corrected chi connectivity index (χ4v) is 3.44. The highest BCUT2D eigenvalue weighted by molar-refractivity contribution is 8.18. The molecule has 5 nitrogen and oxygen atoms in total. The molecule has 1 aliphatic rings. The highest BCUT2D eigenvalue weighted by atomic mass is 32.2. The van der Waals surface area contributed by atoms with Crippen molar-refractivity contribution >= 4 is 29.0 Å². The summed E-state index contributed by atoms with van der Waals surface area (Å²) >= 11 is 0.953. The number of nitrogens with zero attached hydrogens (tertiary/aromatic N) is 1. The summed E-state index contributed by atoms with van der Waals surface area (Å²) in [6, 6.07) is 16.8. The van der Waals surface area contributed by atoms with Crippen molar-refractivity contribution in [3.63, 3.8) is 0 Å². The van der Waals surface area contributed by atoms with E-state index >= 15 is 0 Å². The average molecular weight is 397 g/mol. The third-order valence-corrected chi connectivity index (χ3v) is 5.20. The number of para-hydroxylation sites is 1. The van der Waals surface area contributed by atoms with E-state index in [0.717, 1.165) is 29.5 Å². The minimum atomic E-state index is -0.286. The lowest BCUT2D eigenvalue weighted by molar-refractivity contribution is -0.123. The number of carbonyl (C=O) groups excluding carboxylic acids is 2. The number of amides is 2. The van der Waals surface area contributed by atoms with Crippen molar-refractivity contribution in [1.29, 1.82) is 0 Å². The summed E-state index contributed by atoms with van der Waals surface area (Å²) in [6.07, 6.45) is 2.82. The maximum Gasteiger partial charge on any atom is 0.293 e. The molecule has 28 heavy (non-hydrogen) atoms. The maximum atomic E-state index is 12.5. The Bertz CT molecular complexity index is 849. The Balaban J connectivity index is 1.59. The topological polar surface area (TPSA) is 55.8 Å².